The van der Waals surface area contributed by atoms with Crippen molar-refractivity contribution in [3.05, 3.63) is 76.1 Å². The zero-order chi connectivity index (χ0) is 21.3. The van der Waals surface area contributed by atoms with Crippen molar-refractivity contribution < 1.29 is 22.3 Å². The van der Waals surface area contributed by atoms with Crippen LogP contribution in [-0.4, -0.2) is 19.4 Å². The Hall–Kier alpha value is -2.98. The number of pyridine rings is 1. The minimum Gasteiger partial charge on any atom is -0.454 e. The van der Waals surface area contributed by atoms with Crippen molar-refractivity contribution in [2.24, 2.45) is 0 Å². The minimum atomic E-state index is -3.62. The number of ether oxygens (including phenoxy) is 1. The van der Waals surface area contributed by atoms with Gasteiger partial charge in [-0.1, -0.05) is 22.0 Å². The molecule has 10 heteroatoms. The molecule has 0 atom stereocenters. The van der Waals surface area contributed by atoms with Crippen LogP contribution in [-0.2, 0) is 22.1 Å². The average Bonchev–Trinajstić information content (AvgIpc) is 2.70. The van der Waals surface area contributed by atoms with Crippen LogP contribution in [0.4, 0.5) is 15.0 Å². The molecule has 7 nitrogen and oxygen atoms in total. The summed E-state index contributed by atoms with van der Waals surface area (Å²) >= 11 is 3.26. The molecule has 4 rings (SSSR count). The van der Waals surface area contributed by atoms with E-state index in [0.717, 1.165) is 10.5 Å². The number of carbonyl (C=O) groups excluding carboxylic acids is 1. The maximum Gasteiger partial charge on any atom is 0.320 e. The molecule has 1 aliphatic heterocycles. The molecule has 2 N–H and O–H groups in total. The fourth-order valence-corrected chi connectivity index (χ4v) is 4.55. The van der Waals surface area contributed by atoms with Gasteiger partial charge in [0, 0.05) is 10.7 Å². The molecule has 0 bridgehead atoms. The molecule has 1 aliphatic rings. The fourth-order valence-electron chi connectivity index (χ4n) is 2.95. The van der Waals surface area contributed by atoms with Crippen molar-refractivity contribution in [3.8, 4) is 11.5 Å². The Morgan fingerprint density at radius 2 is 1.87 bits per heavy atom. The van der Waals surface area contributed by atoms with Crippen molar-refractivity contribution in [1.82, 2.24) is 10.3 Å². The van der Waals surface area contributed by atoms with Crippen LogP contribution in [0.25, 0.3) is 0 Å². The molecule has 30 heavy (non-hydrogen) atoms. The molecule has 2 amide bonds. The molecule has 0 spiro atoms. The summed E-state index contributed by atoms with van der Waals surface area (Å²) in [5, 5.41) is 5.15. The van der Waals surface area contributed by atoms with Crippen molar-refractivity contribution in [3.63, 3.8) is 0 Å². The summed E-state index contributed by atoms with van der Waals surface area (Å²) < 4.78 is 46.2. The molecule has 0 unspecified atom stereocenters. The lowest BCUT2D eigenvalue weighted by atomic mass is 10.2. The first-order valence-electron chi connectivity index (χ1n) is 8.79. The van der Waals surface area contributed by atoms with E-state index in [1.54, 1.807) is 18.2 Å². The lowest BCUT2D eigenvalue weighted by Gasteiger charge is -2.20. The number of benzene rings is 2. The summed E-state index contributed by atoms with van der Waals surface area (Å²) in [6.45, 7) is 0.190. The van der Waals surface area contributed by atoms with Crippen LogP contribution >= 0.6 is 15.9 Å². The van der Waals surface area contributed by atoms with Crippen molar-refractivity contribution >= 4 is 37.6 Å². The van der Waals surface area contributed by atoms with Gasteiger partial charge in [0.25, 0.3) is 0 Å². The summed E-state index contributed by atoms with van der Waals surface area (Å²) in [5.41, 5.74) is 0.881. The van der Waals surface area contributed by atoms with E-state index in [2.05, 4.69) is 31.5 Å². The second-order valence-electron chi connectivity index (χ2n) is 6.52. The van der Waals surface area contributed by atoms with Gasteiger partial charge in [0.1, 0.15) is 11.6 Å². The Morgan fingerprint density at radius 3 is 2.60 bits per heavy atom. The van der Waals surface area contributed by atoms with Gasteiger partial charge in [-0.25, -0.2) is 22.6 Å². The molecule has 3 aromatic rings. The van der Waals surface area contributed by atoms with Gasteiger partial charge in [0.15, 0.2) is 21.4 Å². The first-order valence-corrected chi connectivity index (χ1v) is 11.2. The van der Waals surface area contributed by atoms with Gasteiger partial charge in [-0.15, -0.1) is 0 Å². The molecule has 0 fully saturated rings. The number of urea groups is 1. The van der Waals surface area contributed by atoms with Crippen LogP contribution in [0, 0.1) is 5.82 Å². The van der Waals surface area contributed by atoms with Crippen molar-refractivity contribution in [2.75, 3.05) is 5.32 Å². The van der Waals surface area contributed by atoms with Crippen LogP contribution in [0.3, 0.4) is 0 Å². The normalized spacial score (nSPS) is 13.2. The first-order chi connectivity index (χ1) is 14.3. The predicted octanol–water partition coefficient (Wildman–Crippen LogP) is 4.38. The molecule has 0 aliphatic carbocycles. The lowest BCUT2D eigenvalue weighted by molar-refractivity contribution is 0.250. The van der Waals surface area contributed by atoms with Crippen LogP contribution < -0.4 is 15.4 Å². The Kier molecular flexibility index (Phi) is 5.44. The van der Waals surface area contributed by atoms with Crippen LogP contribution in [0.15, 0.2) is 64.1 Å². The number of anilines is 1. The van der Waals surface area contributed by atoms with E-state index in [9.17, 15) is 17.6 Å². The Balaban J connectivity index is 1.55. The third-order valence-electron chi connectivity index (χ3n) is 4.42. The van der Waals surface area contributed by atoms with E-state index in [0.29, 0.717) is 22.7 Å². The quantitative estimate of drug-likeness (QED) is 0.551. The number of amides is 2. The second-order valence-corrected chi connectivity index (χ2v) is 9.43. The third-order valence-corrected chi connectivity index (χ3v) is 6.65. The molecule has 0 radical (unpaired) electrons. The van der Waals surface area contributed by atoms with E-state index in [1.165, 1.54) is 30.5 Å². The van der Waals surface area contributed by atoms with E-state index in [4.69, 9.17) is 4.74 Å². The number of hydrogen-bond acceptors (Lipinski definition) is 5. The maximum absolute atomic E-state index is 14.6. The summed E-state index contributed by atoms with van der Waals surface area (Å²) in [7, 11) is -3.62. The summed E-state index contributed by atoms with van der Waals surface area (Å²) in [6, 6.07) is 11.5. The number of halogens is 2. The number of nitrogens with one attached hydrogen (secondary N) is 2. The van der Waals surface area contributed by atoms with Crippen LogP contribution in [0.1, 0.15) is 11.1 Å². The number of nitrogens with zero attached hydrogens (tertiary/aromatic N) is 1. The summed E-state index contributed by atoms with van der Waals surface area (Å²) in [4.78, 5) is 15.6. The lowest BCUT2D eigenvalue weighted by Crippen LogP contribution is -2.34. The van der Waals surface area contributed by atoms with Gasteiger partial charge in [0.05, 0.1) is 22.8 Å². The van der Waals surface area contributed by atoms with Crippen molar-refractivity contribution in [1.29, 1.82) is 0 Å². The highest BCUT2D eigenvalue weighted by Crippen LogP contribution is 2.32. The van der Waals surface area contributed by atoms with Crippen molar-refractivity contribution in [2.45, 2.75) is 17.2 Å². The number of carbonyl (C=O) groups is 1. The molecule has 0 saturated heterocycles. The predicted molar refractivity (Wildman–Crippen MR) is 112 cm³/mol. The molecule has 1 aromatic heterocycles. The van der Waals surface area contributed by atoms with Crippen LogP contribution in [0.5, 0.6) is 11.5 Å². The Morgan fingerprint density at radius 1 is 1.10 bits per heavy atom. The van der Waals surface area contributed by atoms with E-state index in [-0.39, 0.29) is 29.0 Å². The molecule has 154 valence electrons. The summed E-state index contributed by atoms with van der Waals surface area (Å²) in [5.74, 6) is -0.427. The highest BCUT2D eigenvalue weighted by atomic mass is 79.9. The number of hydrogen-bond donors (Lipinski definition) is 2. The zero-order valence-corrected chi connectivity index (χ0v) is 17.8. The Labute approximate surface area is 180 Å². The minimum absolute atomic E-state index is 0.0647. The topological polar surface area (TPSA) is 97.4 Å². The molecule has 0 saturated carbocycles. The second kappa shape index (κ2) is 8.04. The van der Waals surface area contributed by atoms with Gasteiger partial charge in [0.2, 0.25) is 0 Å². The average molecular weight is 492 g/mol. The van der Waals surface area contributed by atoms with Gasteiger partial charge in [-0.2, -0.15) is 0 Å². The smallest absolute Gasteiger partial charge is 0.320 e. The van der Waals surface area contributed by atoms with E-state index < -0.39 is 15.7 Å². The van der Waals surface area contributed by atoms with Gasteiger partial charge in [-0.05, 0) is 48.0 Å². The molecular weight excluding hydrogens is 477 g/mol. The molecule has 2 aromatic carbocycles. The van der Waals surface area contributed by atoms with E-state index >= 15 is 0 Å². The molecule has 2 heterocycles. The fraction of sp³-hybridized carbons (Fsp3) is 0.100. The SMILES string of the molecule is O=C1NCc2c(Oc3ccc(CS(=O)(=O)c4ccc(Br)cc4)cc3F)ccnc2N1. The maximum atomic E-state index is 14.6. The first kappa shape index (κ1) is 20.3. The number of aromatic nitrogens is 1. The number of sulfone groups is 1. The monoisotopic (exact) mass is 491 g/mol. The Bertz CT molecular complexity index is 1230. The van der Waals surface area contributed by atoms with Gasteiger partial charge in [-0.3, -0.25) is 5.32 Å². The summed E-state index contributed by atoms with van der Waals surface area (Å²) in [6.07, 6.45) is 1.44. The van der Waals surface area contributed by atoms with Gasteiger partial charge >= 0.3 is 6.03 Å². The zero-order valence-electron chi connectivity index (χ0n) is 15.4. The van der Waals surface area contributed by atoms with Gasteiger partial charge < -0.3 is 10.1 Å². The number of rotatable bonds is 5. The van der Waals surface area contributed by atoms with Crippen LogP contribution in [0.2, 0.25) is 0 Å². The largest absolute Gasteiger partial charge is 0.454 e. The highest BCUT2D eigenvalue weighted by Gasteiger charge is 2.21. The molecular formula is C20H15BrFN3O4S. The van der Waals surface area contributed by atoms with E-state index in [1.807, 2.05) is 0 Å². The third kappa shape index (κ3) is 4.29. The standard InChI is InChI=1S/C20H15BrFN3O4S/c21-13-2-4-14(5-3-13)30(27,28)11-12-1-6-18(16(22)9-12)29-17-7-8-23-19-15(17)10-24-20(26)25-19/h1-9H,10-11H2,(H2,23,24,25,26). The number of fused-ring (bicyclic) bond motifs is 1. The highest BCUT2D eigenvalue weighted by molar-refractivity contribution is 9.10.